The number of esters is 1. The summed E-state index contributed by atoms with van der Waals surface area (Å²) >= 11 is 0. The van der Waals surface area contributed by atoms with Crippen LogP contribution < -0.4 is 0 Å². The minimum Gasteiger partial charge on any atom is -0.465 e. The van der Waals surface area contributed by atoms with Crippen molar-refractivity contribution < 1.29 is 9.53 Å². The summed E-state index contributed by atoms with van der Waals surface area (Å²) in [6.45, 7) is 3.84. The second-order valence-corrected chi connectivity index (χ2v) is 3.56. The van der Waals surface area contributed by atoms with Crippen molar-refractivity contribution in [3.05, 3.63) is 34.7 Å². The summed E-state index contributed by atoms with van der Waals surface area (Å²) in [5.74, 6) is -0.602. The van der Waals surface area contributed by atoms with Crippen molar-refractivity contribution in [1.29, 1.82) is 5.26 Å². The van der Waals surface area contributed by atoms with E-state index in [1.54, 1.807) is 12.2 Å². The van der Waals surface area contributed by atoms with E-state index in [0.29, 0.717) is 5.57 Å². The van der Waals surface area contributed by atoms with Gasteiger partial charge in [0.25, 0.3) is 0 Å². The van der Waals surface area contributed by atoms with Gasteiger partial charge >= 0.3 is 5.97 Å². The summed E-state index contributed by atoms with van der Waals surface area (Å²) in [6, 6.07) is 1.88. The van der Waals surface area contributed by atoms with Crippen molar-refractivity contribution in [3.8, 4) is 6.07 Å². The molecular weight excluding hydrogens is 204 g/mol. The molecule has 0 fully saturated rings. The highest BCUT2D eigenvalue weighted by molar-refractivity contribution is 5.95. The smallest absolute Gasteiger partial charge is 0.349 e. The fourth-order valence-electron chi connectivity index (χ4n) is 1.44. The number of hydrogen-bond donors (Lipinski definition) is 0. The highest BCUT2D eigenvalue weighted by atomic mass is 16.5. The predicted octanol–water partition coefficient (Wildman–Crippen LogP) is 1.73. The molecule has 1 aliphatic heterocycles. The number of nitriles is 1. The van der Waals surface area contributed by atoms with Crippen molar-refractivity contribution in [2.24, 2.45) is 0 Å². The Balaban J connectivity index is 3.28. The van der Waals surface area contributed by atoms with Gasteiger partial charge in [-0.15, -0.1) is 0 Å². The first kappa shape index (κ1) is 12.1. The van der Waals surface area contributed by atoms with E-state index in [9.17, 15) is 4.79 Å². The van der Waals surface area contributed by atoms with Crippen LogP contribution in [0.1, 0.15) is 13.8 Å². The van der Waals surface area contributed by atoms with Gasteiger partial charge in [0.05, 0.1) is 7.11 Å². The van der Waals surface area contributed by atoms with Gasteiger partial charge in [-0.05, 0) is 26.0 Å². The van der Waals surface area contributed by atoms with Crippen molar-refractivity contribution in [1.82, 2.24) is 4.90 Å². The van der Waals surface area contributed by atoms with Gasteiger partial charge in [0.15, 0.2) is 0 Å². The molecule has 16 heavy (non-hydrogen) atoms. The largest absolute Gasteiger partial charge is 0.465 e. The minimum atomic E-state index is -0.602. The Bertz CT molecular complexity index is 428. The summed E-state index contributed by atoms with van der Waals surface area (Å²) in [5, 5.41) is 8.94. The summed E-state index contributed by atoms with van der Waals surface area (Å²) in [5.41, 5.74) is 2.59. The zero-order chi connectivity index (χ0) is 12.3. The van der Waals surface area contributed by atoms with Gasteiger partial charge in [-0.25, -0.2) is 4.79 Å². The van der Waals surface area contributed by atoms with Gasteiger partial charge in [0.2, 0.25) is 0 Å². The Morgan fingerprint density at radius 3 is 2.25 bits per heavy atom. The second kappa shape index (κ2) is 4.67. The number of carbonyl (C=O) groups excluding carboxylic acids is 1. The van der Waals surface area contributed by atoms with Crippen molar-refractivity contribution >= 4 is 5.97 Å². The molecule has 0 spiro atoms. The lowest BCUT2D eigenvalue weighted by atomic mass is 10.0. The first-order chi connectivity index (χ1) is 7.51. The first-order valence-electron chi connectivity index (χ1n) is 4.84. The Morgan fingerprint density at radius 2 is 1.88 bits per heavy atom. The molecule has 0 saturated carbocycles. The lowest BCUT2D eigenvalue weighted by Crippen LogP contribution is -2.18. The lowest BCUT2D eigenvalue weighted by molar-refractivity contribution is -0.135. The van der Waals surface area contributed by atoms with E-state index in [-0.39, 0.29) is 5.57 Å². The number of carbonyl (C=O) groups is 1. The van der Waals surface area contributed by atoms with Gasteiger partial charge < -0.3 is 9.64 Å². The van der Waals surface area contributed by atoms with Gasteiger partial charge in [-0.3, -0.25) is 0 Å². The molecule has 0 N–H and O–H groups in total. The molecule has 1 aliphatic rings. The quantitative estimate of drug-likeness (QED) is 0.382. The van der Waals surface area contributed by atoms with Crippen molar-refractivity contribution in [2.75, 3.05) is 14.2 Å². The zero-order valence-electron chi connectivity index (χ0n) is 9.87. The monoisotopic (exact) mass is 218 g/mol. The van der Waals surface area contributed by atoms with Gasteiger partial charge in [0.1, 0.15) is 11.6 Å². The van der Waals surface area contributed by atoms with Crippen LogP contribution in [-0.2, 0) is 9.53 Å². The summed E-state index contributed by atoms with van der Waals surface area (Å²) in [6.07, 6.45) is 3.59. The molecule has 1 heterocycles. The summed E-state index contributed by atoms with van der Waals surface area (Å²) < 4.78 is 4.56. The molecule has 1 rings (SSSR count). The number of methoxy groups -OCH3 is 1. The van der Waals surface area contributed by atoms with E-state index in [1.165, 1.54) is 7.11 Å². The van der Waals surface area contributed by atoms with Crippen LogP contribution >= 0.6 is 0 Å². The van der Waals surface area contributed by atoms with E-state index in [1.807, 2.05) is 31.9 Å². The molecule has 4 heteroatoms. The van der Waals surface area contributed by atoms with Gasteiger partial charge in [-0.1, -0.05) is 0 Å². The van der Waals surface area contributed by atoms with Crippen LogP contribution in [0.3, 0.4) is 0 Å². The van der Waals surface area contributed by atoms with E-state index in [2.05, 4.69) is 4.74 Å². The first-order valence-corrected chi connectivity index (χ1v) is 4.84. The number of rotatable bonds is 1. The molecule has 0 aromatic rings. The topological polar surface area (TPSA) is 53.3 Å². The van der Waals surface area contributed by atoms with Crippen LogP contribution in [0.2, 0.25) is 0 Å². The molecule has 0 aliphatic carbocycles. The Kier molecular flexibility index (Phi) is 3.51. The molecule has 0 saturated heterocycles. The van der Waals surface area contributed by atoms with Crippen LogP contribution in [0.5, 0.6) is 0 Å². The number of allylic oxidation sites excluding steroid dienone is 5. The number of ether oxygens (including phenoxy) is 1. The van der Waals surface area contributed by atoms with Crippen LogP contribution in [0.25, 0.3) is 0 Å². The van der Waals surface area contributed by atoms with E-state index >= 15 is 0 Å². The normalized spacial score (nSPS) is 14.9. The van der Waals surface area contributed by atoms with E-state index < -0.39 is 5.97 Å². The number of nitrogens with zero attached hydrogens (tertiary/aromatic N) is 2. The summed E-state index contributed by atoms with van der Waals surface area (Å²) in [7, 11) is 3.20. The molecule has 0 bridgehead atoms. The van der Waals surface area contributed by atoms with Crippen LogP contribution in [-0.4, -0.2) is 25.0 Å². The third kappa shape index (κ3) is 2.14. The lowest BCUT2D eigenvalue weighted by Gasteiger charge is -2.25. The maximum absolute atomic E-state index is 11.4. The fraction of sp³-hybridized carbons (Fsp3) is 0.333. The minimum absolute atomic E-state index is 0.0364. The van der Waals surface area contributed by atoms with Crippen LogP contribution in [0.15, 0.2) is 34.7 Å². The molecule has 0 aromatic carbocycles. The maximum Gasteiger partial charge on any atom is 0.349 e. The molecule has 84 valence electrons. The molecule has 4 nitrogen and oxygen atoms in total. The molecule has 0 atom stereocenters. The van der Waals surface area contributed by atoms with Crippen molar-refractivity contribution in [3.63, 3.8) is 0 Å². The standard InChI is InChI=1S/C12H14N2O2/c1-8-5-10(6-9(2)14(8)3)11(7-13)12(15)16-4/h5-6H,1-4H3. The maximum atomic E-state index is 11.4. The van der Waals surface area contributed by atoms with E-state index in [0.717, 1.165) is 11.4 Å². The third-order valence-corrected chi connectivity index (χ3v) is 2.58. The molecule has 0 aromatic heterocycles. The average molecular weight is 218 g/mol. The number of hydrogen-bond acceptors (Lipinski definition) is 4. The second-order valence-electron chi connectivity index (χ2n) is 3.56. The third-order valence-electron chi connectivity index (χ3n) is 2.58. The van der Waals surface area contributed by atoms with Crippen molar-refractivity contribution in [2.45, 2.75) is 13.8 Å². The van der Waals surface area contributed by atoms with Crippen LogP contribution in [0.4, 0.5) is 0 Å². The molecule has 0 unspecified atom stereocenters. The molecule has 0 amide bonds. The Labute approximate surface area is 95.1 Å². The highest BCUT2D eigenvalue weighted by Gasteiger charge is 2.17. The zero-order valence-corrected chi connectivity index (χ0v) is 9.87. The SMILES string of the molecule is COC(=O)C(C#N)=C1C=C(C)N(C)C(C)=C1. The van der Waals surface area contributed by atoms with Crippen LogP contribution in [0, 0.1) is 11.3 Å². The van der Waals surface area contributed by atoms with E-state index in [4.69, 9.17) is 5.26 Å². The molecule has 0 radical (unpaired) electrons. The van der Waals surface area contributed by atoms with Gasteiger partial charge in [-0.2, -0.15) is 5.26 Å². The molecular formula is C12H14N2O2. The summed E-state index contributed by atoms with van der Waals surface area (Å²) in [4.78, 5) is 13.3. The van der Waals surface area contributed by atoms with Gasteiger partial charge in [0, 0.05) is 24.0 Å². The Morgan fingerprint density at radius 1 is 1.38 bits per heavy atom. The Hall–Kier alpha value is -2.02. The predicted molar refractivity (Wildman–Crippen MR) is 59.9 cm³/mol. The fourth-order valence-corrected chi connectivity index (χ4v) is 1.44. The highest BCUT2D eigenvalue weighted by Crippen LogP contribution is 2.23. The average Bonchev–Trinajstić information content (AvgIpc) is 2.26.